The first-order valence-corrected chi connectivity index (χ1v) is 12.5. The average Bonchev–Trinajstić information content (AvgIpc) is 3.12. The zero-order valence-corrected chi connectivity index (χ0v) is 20.3. The van der Waals surface area contributed by atoms with Gasteiger partial charge in [0.2, 0.25) is 0 Å². The fourth-order valence-corrected chi connectivity index (χ4v) is 5.17. The molecule has 0 N–H and O–H groups in total. The quantitative estimate of drug-likeness (QED) is 0.307. The first-order valence-electron chi connectivity index (χ1n) is 10.4. The van der Waals surface area contributed by atoms with Crippen molar-refractivity contribution in [3.05, 3.63) is 109 Å². The van der Waals surface area contributed by atoms with E-state index < -0.39 is 12.0 Å². The lowest BCUT2D eigenvalue weighted by atomic mass is 9.96. The molecule has 168 valence electrons. The number of esters is 1. The van der Waals surface area contributed by atoms with Crippen LogP contribution in [0.3, 0.4) is 0 Å². The molecule has 1 unspecified atom stereocenters. The highest BCUT2D eigenvalue weighted by Gasteiger charge is 2.33. The van der Waals surface area contributed by atoms with E-state index in [0.717, 1.165) is 21.6 Å². The van der Waals surface area contributed by atoms with Crippen molar-refractivity contribution in [3.63, 3.8) is 0 Å². The number of carbonyl (C=O) groups is 1. The van der Waals surface area contributed by atoms with Crippen molar-refractivity contribution < 1.29 is 9.53 Å². The van der Waals surface area contributed by atoms with Gasteiger partial charge in [0.05, 0.1) is 21.8 Å². The molecular formula is C26H24N2O3S2. The summed E-state index contributed by atoms with van der Waals surface area (Å²) in [4.78, 5) is 32.9. The molecule has 0 saturated carbocycles. The Morgan fingerprint density at radius 3 is 2.52 bits per heavy atom. The SMILES string of the molecule is C=CCOC(=O)C1=C(C)N=c2s/c(=C/c3ccc(C)cc3)c(=O)n2C1c1ccc(SC)cc1. The predicted molar refractivity (Wildman–Crippen MR) is 134 cm³/mol. The number of thiazole rings is 1. The molecule has 0 aliphatic carbocycles. The summed E-state index contributed by atoms with van der Waals surface area (Å²) in [6.07, 6.45) is 5.39. The van der Waals surface area contributed by atoms with Crippen LogP contribution in [-0.2, 0) is 9.53 Å². The highest BCUT2D eigenvalue weighted by Crippen LogP contribution is 2.31. The highest BCUT2D eigenvalue weighted by molar-refractivity contribution is 7.98. The molecule has 2 aromatic carbocycles. The number of aryl methyl sites for hydroxylation is 1. The molecule has 1 atom stereocenters. The van der Waals surface area contributed by atoms with E-state index in [2.05, 4.69) is 11.6 Å². The molecule has 0 fully saturated rings. The van der Waals surface area contributed by atoms with Crippen LogP contribution in [0.25, 0.3) is 6.08 Å². The number of hydrogen-bond donors (Lipinski definition) is 0. The summed E-state index contributed by atoms with van der Waals surface area (Å²) in [7, 11) is 0. The van der Waals surface area contributed by atoms with Gasteiger partial charge >= 0.3 is 5.97 Å². The van der Waals surface area contributed by atoms with E-state index in [0.29, 0.717) is 20.6 Å². The average molecular weight is 477 g/mol. The van der Waals surface area contributed by atoms with Gasteiger partial charge in [-0.05, 0) is 49.4 Å². The molecule has 4 rings (SSSR count). The number of hydrogen-bond acceptors (Lipinski definition) is 6. The van der Waals surface area contributed by atoms with Gasteiger partial charge in [0.15, 0.2) is 4.80 Å². The van der Waals surface area contributed by atoms with Crippen LogP contribution in [-0.4, -0.2) is 23.4 Å². The van der Waals surface area contributed by atoms with Crippen LogP contribution >= 0.6 is 23.1 Å². The Bertz CT molecular complexity index is 1410. The van der Waals surface area contributed by atoms with Crippen molar-refractivity contribution in [3.8, 4) is 0 Å². The summed E-state index contributed by atoms with van der Waals surface area (Å²) >= 11 is 2.96. The first kappa shape index (κ1) is 23.0. The topological polar surface area (TPSA) is 60.7 Å². The second kappa shape index (κ2) is 9.77. The number of thioether (sulfide) groups is 1. The van der Waals surface area contributed by atoms with E-state index in [1.54, 1.807) is 23.3 Å². The Hall–Kier alpha value is -3.16. The van der Waals surface area contributed by atoms with Gasteiger partial charge in [-0.25, -0.2) is 9.79 Å². The molecule has 0 spiro atoms. The molecule has 0 radical (unpaired) electrons. The second-order valence-corrected chi connectivity index (χ2v) is 9.54. The van der Waals surface area contributed by atoms with Gasteiger partial charge in [0, 0.05) is 4.90 Å². The number of carbonyl (C=O) groups excluding carboxylic acids is 1. The smallest absolute Gasteiger partial charge is 0.338 e. The summed E-state index contributed by atoms with van der Waals surface area (Å²) in [5, 5.41) is 0. The third kappa shape index (κ3) is 4.65. The minimum atomic E-state index is -0.616. The maximum atomic E-state index is 13.6. The fraction of sp³-hybridized carbons (Fsp3) is 0.192. The lowest BCUT2D eigenvalue weighted by Gasteiger charge is -2.24. The zero-order chi connectivity index (χ0) is 23.5. The van der Waals surface area contributed by atoms with Gasteiger partial charge in [-0.1, -0.05) is 66.0 Å². The van der Waals surface area contributed by atoms with E-state index in [-0.39, 0.29) is 12.2 Å². The third-order valence-electron chi connectivity index (χ3n) is 5.38. The van der Waals surface area contributed by atoms with Crippen molar-refractivity contribution in [2.24, 2.45) is 4.99 Å². The van der Waals surface area contributed by atoms with Crippen LogP contribution < -0.4 is 14.9 Å². The number of ether oxygens (including phenoxy) is 1. The monoisotopic (exact) mass is 476 g/mol. The van der Waals surface area contributed by atoms with E-state index in [9.17, 15) is 9.59 Å². The van der Waals surface area contributed by atoms with E-state index in [1.165, 1.54) is 17.4 Å². The molecule has 2 heterocycles. The number of allylic oxidation sites excluding steroid dienone is 1. The summed E-state index contributed by atoms with van der Waals surface area (Å²) in [5.74, 6) is -0.497. The molecule has 1 aromatic heterocycles. The molecular weight excluding hydrogens is 452 g/mol. The maximum absolute atomic E-state index is 13.6. The number of nitrogens with zero attached hydrogens (tertiary/aromatic N) is 2. The largest absolute Gasteiger partial charge is 0.458 e. The maximum Gasteiger partial charge on any atom is 0.338 e. The minimum absolute atomic E-state index is 0.0889. The van der Waals surface area contributed by atoms with Crippen molar-refractivity contribution in [1.82, 2.24) is 4.57 Å². The summed E-state index contributed by atoms with van der Waals surface area (Å²) in [5.41, 5.74) is 3.65. The normalized spacial score (nSPS) is 15.7. The first-order chi connectivity index (χ1) is 15.9. The van der Waals surface area contributed by atoms with Crippen molar-refractivity contribution in [2.75, 3.05) is 12.9 Å². The molecule has 0 amide bonds. The van der Waals surface area contributed by atoms with Crippen molar-refractivity contribution >= 4 is 35.1 Å². The predicted octanol–water partition coefficient (Wildman–Crippen LogP) is 3.99. The summed E-state index contributed by atoms with van der Waals surface area (Å²) in [6, 6.07) is 15.3. The van der Waals surface area contributed by atoms with Crippen LogP contribution in [0.5, 0.6) is 0 Å². The third-order valence-corrected chi connectivity index (χ3v) is 7.11. The summed E-state index contributed by atoms with van der Waals surface area (Å²) < 4.78 is 7.54. The number of rotatable bonds is 6. The minimum Gasteiger partial charge on any atom is -0.458 e. The Labute approximate surface area is 200 Å². The van der Waals surface area contributed by atoms with Crippen LogP contribution in [0.2, 0.25) is 0 Å². The van der Waals surface area contributed by atoms with Gasteiger partial charge in [0.25, 0.3) is 5.56 Å². The molecule has 0 saturated heterocycles. The van der Waals surface area contributed by atoms with Gasteiger partial charge in [-0.3, -0.25) is 9.36 Å². The summed E-state index contributed by atoms with van der Waals surface area (Å²) in [6.45, 7) is 7.51. The number of aromatic nitrogens is 1. The molecule has 0 bridgehead atoms. The molecule has 3 aromatic rings. The second-order valence-electron chi connectivity index (χ2n) is 7.65. The lowest BCUT2D eigenvalue weighted by Crippen LogP contribution is -2.39. The molecule has 1 aliphatic rings. The van der Waals surface area contributed by atoms with E-state index in [1.807, 2.05) is 67.8 Å². The van der Waals surface area contributed by atoms with Crippen LogP contribution in [0, 0.1) is 6.92 Å². The van der Waals surface area contributed by atoms with Gasteiger partial charge in [0.1, 0.15) is 6.61 Å². The molecule has 33 heavy (non-hydrogen) atoms. The molecule has 5 nitrogen and oxygen atoms in total. The fourth-order valence-electron chi connectivity index (χ4n) is 3.71. The van der Waals surface area contributed by atoms with Crippen LogP contribution in [0.15, 0.2) is 87.1 Å². The lowest BCUT2D eigenvalue weighted by molar-refractivity contribution is -0.138. The Morgan fingerprint density at radius 1 is 1.18 bits per heavy atom. The van der Waals surface area contributed by atoms with Crippen LogP contribution in [0.1, 0.15) is 29.7 Å². The van der Waals surface area contributed by atoms with Gasteiger partial charge in [-0.15, -0.1) is 11.8 Å². The Kier molecular flexibility index (Phi) is 6.81. The number of benzene rings is 2. The Morgan fingerprint density at radius 2 is 1.88 bits per heavy atom. The zero-order valence-electron chi connectivity index (χ0n) is 18.7. The van der Waals surface area contributed by atoms with E-state index >= 15 is 0 Å². The van der Waals surface area contributed by atoms with Crippen molar-refractivity contribution in [2.45, 2.75) is 24.8 Å². The standard InChI is InChI=1S/C26H24N2O3S2/c1-5-14-31-25(30)22-17(3)27-26-28(23(22)19-10-12-20(32-4)13-11-19)24(29)21(33-26)15-18-8-6-16(2)7-9-18/h5-13,15,23H,1,14H2,2-4H3/b21-15+. The highest BCUT2D eigenvalue weighted by atomic mass is 32.2. The number of fused-ring (bicyclic) bond motifs is 1. The van der Waals surface area contributed by atoms with Crippen LogP contribution in [0.4, 0.5) is 0 Å². The van der Waals surface area contributed by atoms with E-state index in [4.69, 9.17) is 4.74 Å². The Balaban J connectivity index is 1.91. The molecule has 1 aliphatic heterocycles. The molecule has 7 heteroatoms. The van der Waals surface area contributed by atoms with Gasteiger partial charge in [-0.2, -0.15) is 0 Å². The van der Waals surface area contributed by atoms with Gasteiger partial charge < -0.3 is 4.74 Å². The van der Waals surface area contributed by atoms with Crippen molar-refractivity contribution in [1.29, 1.82) is 0 Å².